The Bertz CT molecular complexity index is 657. The lowest BCUT2D eigenvalue weighted by atomic mass is 10.1. The van der Waals surface area contributed by atoms with Crippen LogP contribution in [-0.2, 0) is 14.6 Å². The van der Waals surface area contributed by atoms with Gasteiger partial charge in [-0.25, -0.2) is 8.42 Å². The second-order valence-corrected chi connectivity index (χ2v) is 7.07. The molecule has 2 N–H and O–H groups in total. The Hall–Kier alpha value is -1.77. The zero-order chi connectivity index (χ0) is 17.1. The van der Waals surface area contributed by atoms with E-state index in [4.69, 9.17) is 5.73 Å². The third-order valence-electron chi connectivity index (χ3n) is 2.96. The Labute approximate surface area is 126 Å². The maximum Gasteiger partial charge on any atom is 0.405 e. The van der Waals surface area contributed by atoms with Crippen molar-refractivity contribution in [3.05, 3.63) is 23.8 Å². The molecule has 9 heteroatoms. The molecule has 22 heavy (non-hydrogen) atoms. The summed E-state index contributed by atoms with van der Waals surface area (Å²) in [5.74, 6) is -1.02. The molecule has 0 bridgehead atoms. The minimum absolute atomic E-state index is 0.0299. The van der Waals surface area contributed by atoms with Crippen LogP contribution in [0.1, 0.15) is 12.5 Å². The van der Waals surface area contributed by atoms with E-state index in [1.54, 1.807) is 0 Å². The van der Waals surface area contributed by atoms with Gasteiger partial charge in [0.05, 0.1) is 17.2 Å². The van der Waals surface area contributed by atoms with Gasteiger partial charge in [0.25, 0.3) is 0 Å². The topological polar surface area (TPSA) is 80.5 Å². The third kappa shape index (κ3) is 4.90. The molecule has 0 aliphatic carbocycles. The number of primary amides is 1. The van der Waals surface area contributed by atoms with E-state index in [1.165, 1.54) is 32.0 Å². The van der Waals surface area contributed by atoms with Gasteiger partial charge in [-0.05, 0) is 30.7 Å². The molecule has 0 saturated carbocycles. The fraction of sp³-hybridized carbons (Fsp3) is 0.462. The van der Waals surface area contributed by atoms with Crippen LogP contribution in [0.15, 0.2) is 23.1 Å². The number of carbonyl (C=O) groups is 1. The number of alkyl halides is 3. The molecule has 0 heterocycles. The third-order valence-corrected chi connectivity index (χ3v) is 4.70. The summed E-state index contributed by atoms with van der Waals surface area (Å²) in [6.45, 7) is 0.993. The highest BCUT2D eigenvalue weighted by Crippen LogP contribution is 2.27. The molecule has 0 fully saturated rings. The predicted octanol–water partition coefficient (Wildman–Crippen LogP) is 1.64. The Kier molecular flexibility index (Phi) is 5.44. The summed E-state index contributed by atoms with van der Waals surface area (Å²) in [7, 11) is -3.45. The van der Waals surface area contributed by atoms with Crippen molar-refractivity contribution < 1.29 is 26.4 Å². The number of carbonyl (C=O) groups excluding carboxylic acids is 1. The van der Waals surface area contributed by atoms with Crippen LogP contribution in [0.2, 0.25) is 0 Å². The summed E-state index contributed by atoms with van der Waals surface area (Å²) in [5, 5.41) is 0. The highest BCUT2D eigenvalue weighted by atomic mass is 32.2. The Morgan fingerprint density at radius 2 is 1.91 bits per heavy atom. The maximum absolute atomic E-state index is 12.6. The number of nitrogens with two attached hydrogens (primary N) is 1. The van der Waals surface area contributed by atoms with E-state index < -0.39 is 35.0 Å². The van der Waals surface area contributed by atoms with Gasteiger partial charge in [-0.3, -0.25) is 4.79 Å². The zero-order valence-electron chi connectivity index (χ0n) is 12.1. The largest absolute Gasteiger partial charge is 0.405 e. The Morgan fingerprint density at radius 1 is 1.32 bits per heavy atom. The zero-order valence-corrected chi connectivity index (χ0v) is 13.0. The van der Waals surface area contributed by atoms with E-state index >= 15 is 0 Å². The fourth-order valence-corrected chi connectivity index (χ4v) is 2.94. The van der Waals surface area contributed by atoms with Crippen molar-refractivity contribution in [1.82, 2.24) is 0 Å². The first-order chi connectivity index (χ1) is 9.96. The molecule has 1 rings (SSSR count). The second-order valence-electron chi connectivity index (χ2n) is 4.79. The van der Waals surface area contributed by atoms with Crippen LogP contribution < -0.4 is 10.6 Å². The van der Waals surface area contributed by atoms with Gasteiger partial charge in [0, 0.05) is 5.69 Å². The van der Waals surface area contributed by atoms with Crippen LogP contribution in [0.5, 0.6) is 0 Å². The Morgan fingerprint density at radius 3 is 2.32 bits per heavy atom. The molecule has 124 valence electrons. The summed E-state index contributed by atoms with van der Waals surface area (Å²) in [4.78, 5) is 11.8. The van der Waals surface area contributed by atoms with Crippen LogP contribution in [0.4, 0.5) is 18.9 Å². The van der Waals surface area contributed by atoms with Gasteiger partial charge in [0.15, 0.2) is 9.84 Å². The van der Waals surface area contributed by atoms with Gasteiger partial charge in [-0.1, -0.05) is 6.92 Å². The highest BCUT2D eigenvalue weighted by Gasteiger charge is 2.32. The van der Waals surface area contributed by atoms with Crippen molar-refractivity contribution in [1.29, 1.82) is 0 Å². The van der Waals surface area contributed by atoms with Gasteiger partial charge in [0.1, 0.15) is 6.54 Å². The molecule has 0 atom stereocenters. The molecule has 0 spiro atoms. The molecule has 0 radical (unpaired) electrons. The van der Waals surface area contributed by atoms with Crippen molar-refractivity contribution in [3.8, 4) is 0 Å². The predicted molar refractivity (Wildman–Crippen MR) is 76.4 cm³/mol. The van der Waals surface area contributed by atoms with E-state index in [2.05, 4.69) is 0 Å². The molecular weight excluding hydrogens is 321 g/mol. The number of aryl methyl sites for hydroxylation is 1. The maximum atomic E-state index is 12.6. The lowest BCUT2D eigenvalue weighted by Crippen LogP contribution is -2.40. The number of amides is 1. The quantitative estimate of drug-likeness (QED) is 0.855. The van der Waals surface area contributed by atoms with Crippen LogP contribution in [0.3, 0.4) is 0 Å². The van der Waals surface area contributed by atoms with E-state index in [-0.39, 0.29) is 16.3 Å². The van der Waals surface area contributed by atoms with Crippen molar-refractivity contribution in [2.75, 3.05) is 23.7 Å². The molecule has 0 aromatic heterocycles. The number of benzene rings is 1. The van der Waals surface area contributed by atoms with Gasteiger partial charge in [-0.15, -0.1) is 0 Å². The normalized spacial score (nSPS) is 12.2. The smallest absolute Gasteiger partial charge is 0.368 e. The highest BCUT2D eigenvalue weighted by molar-refractivity contribution is 7.91. The van der Waals surface area contributed by atoms with E-state index in [1.807, 2.05) is 0 Å². The summed E-state index contributed by atoms with van der Waals surface area (Å²) >= 11 is 0. The molecule has 0 aliphatic heterocycles. The SMILES string of the molecule is CCS(=O)(=O)c1ccc(N(CC(N)=O)CC(F)(F)F)c(C)c1. The van der Waals surface area contributed by atoms with Crippen molar-refractivity contribution in [2.24, 2.45) is 5.73 Å². The minimum Gasteiger partial charge on any atom is -0.368 e. The minimum atomic E-state index is -4.52. The van der Waals surface area contributed by atoms with Crippen LogP contribution in [0, 0.1) is 6.92 Å². The van der Waals surface area contributed by atoms with E-state index in [0.717, 1.165) is 4.90 Å². The molecule has 1 amide bonds. The van der Waals surface area contributed by atoms with Crippen LogP contribution in [0.25, 0.3) is 0 Å². The van der Waals surface area contributed by atoms with Gasteiger partial charge >= 0.3 is 6.18 Å². The first-order valence-corrected chi connectivity index (χ1v) is 8.05. The van der Waals surface area contributed by atoms with Gasteiger partial charge < -0.3 is 10.6 Å². The number of halogens is 3. The Balaban J connectivity index is 3.23. The number of hydrogen-bond acceptors (Lipinski definition) is 4. The van der Waals surface area contributed by atoms with Crippen LogP contribution >= 0.6 is 0 Å². The molecule has 1 aromatic carbocycles. The molecule has 5 nitrogen and oxygen atoms in total. The molecular formula is C13H17F3N2O3S. The monoisotopic (exact) mass is 338 g/mol. The molecule has 1 aromatic rings. The summed E-state index contributed by atoms with van der Waals surface area (Å²) in [5.41, 5.74) is 5.41. The van der Waals surface area contributed by atoms with Crippen molar-refractivity contribution in [2.45, 2.75) is 24.9 Å². The molecule has 0 unspecified atom stereocenters. The molecule has 0 saturated heterocycles. The average molecular weight is 338 g/mol. The summed E-state index contributed by atoms with van der Waals surface area (Å²) in [6.07, 6.45) is -4.52. The first kappa shape index (κ1) is 18.3. The van der Waals surface area contributed by atoms with Crippen LogP contribution in [-0.4, -0.2) is 39.3 Å². The number of anilines is 1. The number of hydrogen-bond donors (Lipinski definition) is 1. The molecule has 0 aliphatic rings. The lowest BCUT2D eigenvalue weighted by Gasteiger charge is -2.26. The van der Waals surface area contributed by atoms with Crippen molar-refractivity contribution >= 4 is 21.4 Å². The number of nitrogens with zero attached hydrogens (tertiary/aromatic N) is 1. The first-order valence-electron chi connectivity index (χ1n) is 6.39. The average Bonchev–Trinajstić information content (AvgIpc) is 2.35. The lowest BCUT2D eigenvalue weighted by molar-refractivity contribution is -0.122. The number of rotatable bonds is 6. The van der Waals surface area contributed by atoms with E-state index in [9.17, 15) is 26.4 Å². The van der Waals surface area contributed by atoms with Gasteiger partial charge in [-0.2, -0.15) is 13.2 Å². The van der Waals surface area contributed by atoms with E-state index in [0.29, 0.717) is 5.56 Å². The standard InChI is InChI=1S/C13H17F3N2O3S/c1-3-22(20,21)10-4-5-11(9(2)6-10)18(7-12(17)19)8-13(14,15)16/h4-6H,3,7-8H2,1-2H3,(H2,17,19). The fourth-order valence-electron chi connectivity index (χ4n) is 1.97. The van der Waals surface area contributed by atoms with Crippen molar-refractivity contribution in [3.63, 3.8) is 0 Å². The number of sulfone groups is 1. The second kappa shape index (κ2) is 6.55. The summed E-state index contributed by atoms with van der Waals surface area (Å²) < 4.78 is 61.4. The summed E-state index contributed by atoms with van der Waals surface area (Å²) in [6, 6.07) is 3.77. The van der Waals surface area contributed by atoms with Gasteiger partial charge in [0.2, 0.25) is 5.91 Å².